The first kappa shape index (κ1) is 17.6. The van der Waals surface area contributed by atoms with Crippen molar-refractivity contribution in [1.82, 2.24) is 14.9 Å². The Morgan fingerprint density at radius 1 is 1.31 bits per heavy atom. The molecule has 7 heteroatoms. The lowest BCUT2D eigenvalue weighted by molar-refractivity contribution is -0.146. The van der Waals surface area contributed by atoms with Crippen molar-refractivity contribution in [3.05, 3.63) is 18.6 Å². The zero-order valence-electron chi connectivity index (χ0n) is 15.0. The van der Waals surface area contributed by atoms with Crippen LogP contribution in [0.4, 0.5) is 4.39 Å². The summed E-state index contributed by atoms with van der Waals surface area (Å²) in [6.45, 7) is 3.52. The molecule has 0 unspecified atom stereocenters. The number of carbonyl (C=O) groups excluding carboxylic acids is 1. The monoisotopic (exact) mass is 363 g/mol. The Hall–Kier alpha value is -1.76. The summed E-state index contributed by atoms with van der Waals surface area (Å²) in [5.41, 5.74) is 0.152. The van der Waals surface area contributed by atoms with E-state index in [4.69, 9.17) is 9.47 Å². The Kier molecular flexibility index (Phi) is 5.07. The predicted octanol–water partition coefficient (Wildman–Crippen LogP) is 2.25. The molecule has 0 radical (unpaired) electrons. The molecule has 3 heterocycles. The van der Waals surface area contributed by atoms with E-state index in [0.29, 0.717) is 31.9 Å². The number of nitrogens with zero attached hydrogens (tertiary/aromatic N) is 3. The second-order valence-corrected chi connectivity index (χ2v) is 7.83. The molecular weight excluding hydrogens is 337 g/mol. The molecule has 1 spiro atoms. The minimum absolute atomic E-state index is 0.0930. The normalized spacial score (nSPS) is 30.7. The number of hydrogen-bond donors (Lipinski definition) is 0. The summed E-state index contributed by atoms with van der Waals surface area (Å²) in [6.07, 6.45) is 7.82. The van der Waals surface area contributed by atoms with Gasteiger partial charge in [0.05, 0.1) is 19.4 Å². The maximum atomic E-state index is 13.0. The van der Waals surface area contributed by atoms with Crippen molar-refractivity contribution in [2.75, 3.05) is 32.9 Å². The van der Waals surface area contributed by atoms with E-state index in [1.165, 1.54) is 0 Å². The van der Waals surface area contributed by atoms with E-state index in [2.05, 4.69) is 9.97 Å². The summed E-state index contributed by atoms with van der Waals surface area (Å²) in [7, 11) is 0. The Bertz CT molecular complexity index is 616. The average molecular weight is 363 g/mol. The molecular formula is C19H26FN3O3. The van der Waals surface area contributed by atoms with Crippen LogP contribution in [0.25, 0.3) is 0 Å². The smallest absolute Gasteiger partial charge is 0.232 e. The number of hydrogen-bond acceptors (Lipinski definition) is 5. The highest BCUT2D eigenvalue weighted by atomic mass is 19.1. The molecule has 1 atom stereocenters. The molecule has 1 aliphatic carbocycles. The number of likely N-dealkylation sites (tertiary alicyclic amines) is 1. The van der Waals surface area contributed by atoms with Gasteiger partial charge in [-0.05, 0) is 37.5 Å². The predicted molar refractivity (Wildman–Crippen MR) is 92.3 cm³/mol. The molecule has 1 amide bonds. The van der Waals surface area contributed by atoms with Crippen molar-refractivity contribution >= 4 is 5.91 Å². The maximum absolute atomic E-state index is 13.0. The van der Waals surface area contributed by atoms with Crippen LogP contribution in [0.2, 0.25) is 0 Å². The molecule has 4 rings (SSSR count). The molecule has 2 aliphatic heterocycles. The fourth-order valence-electron chi connectivity index (χ4n) is 4.49. The van der Waals surface area contributed by atoms with Gasteiger partial charge in [-0.15, -0.1) is 0 Å². The van der Waals surface area contributed by atoms with E-state index >= 15 is 0 Å². The highest BCUT2D eigenvalue weighted by molar-refractivity contribution is 5.80. The summed E-state index contributed by atoms with van der Waals surface area (Å²) < 4.78 is 24.6. The fourth-order valence-corrected chi connectivity index (χ4v) is 4.49. The Labute approximate surface area is 153 Å². The summed E-state index contributed by atoms with van der Waals surface area (Å²) in [5.74, 6) is 0.874. The third-order valence-electron chi connectivity index (χ3n) is 6.40. The van der Waals surface area contributed by atoms with E-state index in [-0.39, 0.29) is 23.2 Å². The zero-order valence-corrected chi connectivity index (χ0v) is 15.0. The van der Waals surface area contributed by atoms with Crippen LogP contribution in [-0.2, 0) is 9.53 Å². The third-order valence-corrected chi connectivity index (χ3v) is 6.40. The Balaban J connectivity index is 1.34. The largest absolute Gasteiger partial charge is 0.476 e. The molecule has 1 aromatic rings. The lowest BCUT2D eigenvalue weighted by Gasteiger charge is -2.49. The molecule has 0 bridgehead atoms. The quantitative estimate of drug-likeness (QED) is 0.821. The van der Waals surface area contributed by atoms with Crippen molar-refractivity contribution in [3.8, 4) is 5.88 Å². The standard InChI is InChI=1S/C19H26FN3O3/c20-16-9-14(10-16)18(24)23-6-1-19(2-7-23)3-8-25-12-15(19)13-26-17-11-21-4-5-22-17/h4-5,11,14-16H,1-3,6-10,12-13H2/t14?,15-,16?/m0/s1. The van der Waals surface area contributed by atoms with Crippen LogP contribution in [-0.4, -0.2) is 59.9 Å². The van der Waals surface area contributed by atoms with Crippen molar-refractivity contribution in [3.63, 3.8) is 0 Å². The summed E-state index contributed by atoms with van der Waals surface area (Å²) in [5, 5.41) is 0. The van der Waals surface area contributed by atoms with Crippen LogP contribution in [0, 0.1) is 17.3 Å². The van der Waals surface area contributed by atoms with Gasteiger partial charge in [-0.25, -0.2) is 9.37 Å². The van der Waals surface area contributed by atoms with Crippen LogP contribution in [0.3, 0.4) is 0 Å². The van der Waals surface area contributed by atoms with Crippen LogP contribution >= 0.6 is 0 Å². The van der Waals surface area contributed by atoms with Gasteiger partial charge in [-0.3, -0.25) is 9.78 Å². The number of alkyl halides is 1. The van der Waals surface area contributed by atoms with Gasteiger partial charge in [0.15, 0.2) is 0 Å². The fraction of sp³-hybridized carbons (Fsp3) is 0.737. The maximum Gasteiger partial charge on any atom is 0.232 e. The molecule has 0 N–H and O–H groups in total. The van der Waals surface area contributed by atoms with Crippen molar-refractivity contribution in [1.29, 1.82) is 0 Å². The number of halogens is 1. The Morgan fingerprint density at radius 3 is 2.81 bits per heavy atom. The van der Waals surface area contributed by atoms with Gasteiger partial charge in [0, 0.05) is 43.9 Å². The second kappa shape index (κ2) is 7.47. The van der Waals surface area contributed by atoms with Crippen LogP contribution in [0.1, 0.15) is 32.1 Å². The first-order chi connectivity index (χ1) is 12.7. The summed E-state index contributed by atoms with van der Waals surface area (Å²) >= 11 is 0. The molecule has 3 aliphatic rings. The van der Waals surface area contributed by atoms with Gasteiger partial charge in [-0.1, -0.05) is 0 Å². The highest BCUT2D eigenvalue weighted by Crippen LogP contribution is 2.45. The van der Waals surface area contributed by atoms with Crippen LogP contribution in [0.5, 0.6) is 5.88 Å². The minimum atomic E-state index is -0.779. The Morgan fingerprint density at radius 2 is 2.12 bits per heavy atom. The molecule has 2 saturated heterocycles. The SMILES string of the molecule is O=C(C1CC(F)C1)N1CCC2(CCOC[C@H]2COc2cnccn2)CC1. The lowest BCUT2D eigenvalue weighted by Crippen LogP contribution is -2.53. The number of piperidine rings is 1. The number of aromatic nitrogens is 2. The number of amides is 1. The first-order valence-electron chi connectivity index (χ1n) is 9.56. The molecule has 142 valence electrons. The van der Waals surface area contributed by atoms with Crippen molar-refractivity contribution in [2.45, 2.75) is 38.3 Å². The van der Waals surface area contributed by atoms with E-state index in [0.717, 1.165) is 39.0 Å². The highest BCUT2D eigenvalue weighted by Gasteiger charge is 2.46. The number of carbonyl (C=O) groups is 1. The third kappa shape index (κ3) is 3.54. The molecule has 1 aromatic heterocycles. The molecule has 3 fully saturated rings. The van der Waals surface area contributed by atoms with Gasteiger partial charge < -0.3 is 14.4 Å². The number of rotatable bonds is 4. The lowest BCUT2D eigenvalue weighted by atomic mass is 9.66. The topological polar surface area (TPSA) is 64.6 Å². The van der Waals surface area contributed by atoms with E-state index < -0.39 is 6.17 Å². The zero-order chi connectivity index (χ0) is 18.0. The van der Waals surface area contributed by atoms with Crippen molar-refractivity contribution in [2.24, 2.45) is 17.3 Å². The van der Waals surface area contributed by atoms with Gasteiger partial charge in [0.25, 0.3) is 0 Å². The van der Waals surface area contributed by atoms with E-state index in [9.17, 15) is 9.18 Å². The van der Waals surface area contributed by atoms with Crippen molar-refractivity contribution < 1.29 is 18.7 Å². The van der Waals surface area contributed by atoms with Gasteiger partial charge in [-0.2, -0.15) is 0 Å². The second-order valence-electron chi connectivity index (χ2n) is 7.83. The van der Waals surface area contributed by atoms with Gasteiger partial charge in [0.2, 0.25) is 11.8 Å². The first-order valence-corrected chi connectivity index (χ1v) is 9.56. The van der Waals surface area contributed by atoms with E-state index in [1.54, 1.807) is 18.6 Å². The average Bonchev–Trinajstić information content (AvgIpc) is 2.66. The summed E-state index contributed by atoms with van der Waals surface area (Å²) in [6, 6.07) is 0. The van der Waals surface area contributed by atoms with Gasteiger partial charge in [0.1, 0.15) is 6.17 Å². The molecule has 6 nitrogen and oxygen atoms in total. The molecule has 26 heavy (non-hydrogen) atoms. The summed E-state index contributed by atoms with van der Waals surface area (Å²) in [4.78, 5) is 22.6. The molecule has 1 saturated carbocycles. The minimum Gasteiger partial charge on any atom is -0.476 e. The van der Waals surface area contributed by atoms with Crippen LogP contribution in [0.15, 0.2) is 18.6 Å². The molecule has 0 aromatic carbocycles. The van der Waals surface area contributed by atoms with Crippen LogP contribution < -0.4 is 4.74 Å². The van der Waals surface area contributed by atoms with E-state index in [1.807, 2.05) is 4.90 Å². The van der Waals surface area contributed by atoms with Gasteiger partial charge >= 0.3 is 0 Å². The number of ether oxygens (including phenoxy) is 2.